The Morgan fingerprint density at radius 3 is 2.56 bits per heavy atom. The first-order valence-electron chi connectivity index (χ1n) is 8.23. The number of carbonyl (C=O) groups excluding carboxylic acids is 2. The molecule has 2 aromatic rings. The molecule has 0 heterocycles. The first-order valence-corrected chi connectivity index (χ1v) is 8.60. The van der Waals surface area contributed by atoms with Gasteiger partial charge >= 0.3 is 0 Å². The highest BCUT2D eigenvalue weighted by Gasteiger charge is 2.18. The monoisotopic (exact) mass is 390 g/mol. The molecule has 0 unspecified atom stereocenters. The standard InChI is InChI=1S/C18H19ClN4O4/c1-2-20-17(24)11-22-18(25)12-7-8-15(16(9-12)23(26)27)21-10-13-5-3-4-6-14(13)19/h3-9,21H,2,10-11H2,1H3,(H,20,24)(H,22,25). The van der Waals surface area contributed by atoms with E-state index >= 15 is 0 Å². The van der Waals surface area contributed by atoms with Crippen LogP contribution in [0.25, 0.3) is 0 Å². The minimum absolute atomic E-state index is 0.0919. The summed E-state index contributed by atoms with van der Waals surface area (Å²) >= 11 is 6.08. The number of nitro benzene ring substituents is 1. The molecule has 0 saturated carbocycles. The van der Waals surface area contributed by atoms with Gasteiger partial charge in [-0.3, -0.25) is 19.7 Å². The molecule has 3 N–H and O–H groups in total. The van der Waals surface area contributed by atoms with Crippen LogP contribution in [-0.2, 0) is 11.3 Å². The van der Waals surface area contributed by atoms with Gasteiger partial charge in [-0.25, -0.2) is 0 Å². The molecular weight excluding hydrogens is 372 g/mol. The lowest BCUT2D eigenvalue weighted by Gasteiger charge is -2.10. The van der Waals surface area contributed by atoms with Gasteiger partial charge < -0.3 is 16.0 Å². The smallest absolute Gasteiger partial charge is 0.293 e. The van der Waals surface area contributed by atoms with Crippen molar-refractivity contribution < 1.29 is 14.5 Å². The Balaban J connectivity index is 2.11. The number of anilines is 1. The second-order valence-electron chi connectivity index (χ2n) is 5.57. The first kappa shape index (κ1) is 20.2. The normalized spacial score (nSPS) is 10.1. The maximum atomic E-state index is 12.1. The number of amides is 2. The van der Waals surface area contributed by atoms with Gasteiger partial charge in [0.1, 0.15) is 5.69 Å². The van der Waals surface area contributed by atoms with Gasteiger partial charge in [-0.05, 0) is 30.7 Å². The number of nitrogens with zero attached hydrogens (tertiary/aromatic N) is 1. The molecule has 27 heavy (non-hydrogen) atoms. The Morgan fingerprint density at radius 1 is 1.15 bits per heavy atom. The lowest BCUT2D eigenvalue weighted by molar-refractivity contribution is -0.384. The lowest BCUT2D eigenvalue weighted by Crippen LogP contribution is -2.36. The van der Waals surface area contributed by atoms with Crippen molar-refractivity contribution in [1.29, 1.82) is 0 Å². The summed E-state index contributed by atoms with van der Waals surface area (Å²) in [5.74, 6) is -0.902. The van der Waals surface area contributed by atoms with E-state index < -0.39 is 10.8 Å². The molecule has 0 aromatic heterocycles. The maximum Gasteiger partial charge on any atom is 0.293 e. The van der Waals surface area contributed by atoms with Gasteiger partial charge in [-0.1, -0.05) is 29.8 Å². The molecule has 0 spiro atoms. The maximum absolute atomic E-state index is 12.1. The average molecular weight is 391 g/mol. The van der Waals surface area contributed by atoms with Crippen molar-refractivity contribution in [2.45, 2.75) is 13.5 Å². The van der Waals surface area contributed by atoms with Crippen LogP contribution in [0, 0.1) is 10.1 Å². The van der Waals surface area contributed by atoms with Gasteiger partial charge in [0.2, 0.25) is 5.91 Å². The number of likely N-dealkylation sites (N-methyl/N-ethyl adjacent to an activating group) is 1. The molecule has 0 aliphatic rings. The van der Waals surface area contributed by atoms with Crippen molar-refractivity contribution in [2.75, 3.05) is 18.4 Å². The van der Waals surface area contributed by atoms with Crippen LogP contribution in [0.1, 0.15) is 22.8 Å². The third-order valence-electron chi connectivity index (χ3n) is 3.67. The zero-order valence-corrected chi connectivity index (χ0v) is 15.4. The first-order chi connectivity index (χ1) is 12.9. The van der Waals surface area contributed by atoms with E-state index in [4.69, 9.17) is 11.6 Å². The highest BCUT2D eigenvalue weighted by molar-refractivity contribution is 6.31. The largest absolute Gasteiger partial charge is 0.375 e. The minimum atomic E-state index is -0.574. The van der Waals surface area contributed by atoms with Crippen molar-refractivity contribution in [3.05, 3.63) is 68.7 Å². The van der Waals surface area contributed by atoms with E-state index in [1.54, 1.807) is 19.1 Å². The lowest BCUT2D eigenvalue weighted by atomic mass is 10.1. The molecule has 0 aliphatic carbocycles. The third-order valence-corrected chi connectivity index (χ3v) is 4.04. The van der Waals surface area contributed by atoms with Crippen LogP contribution in [0.15, 0.2) is 42.5 Å². The number of halogens is 1. The number of hydrogen-bond donors (Lipinski definition) is 3. The van der Waals surface area contributed by atoms with E-state index in [0.29, 0.717) is 18.1 Å². The van der Waals surface area contributed by atoms with Gasteiger partial charge in [-0.15, -0.1) is 0 Å². The second kappa shape index (κ2) is 9.54. The van der Waals surface area contributed by atoms with E-state index in [1.165, 1.54) is 18.2 Å². The predicted octanol–water partition coefficient (Wildman–Crippen LogP) is 2.73. The number of nitro groups is 1. The number of benzene rings is 2. The predicted molar refractivity (Wildman–Crippen MR) is 103 cm³/mol. The fraction of sp³-hybridized carbons (Fsp3) is 0.222. The Bertz CT molecular complexity index is 857. The molecule has 2 rings (SSSR count). The van der Waals surface area contributed by atoms with E-state index in [9.17, 15) is 19.7 Å². The van der Waals surface area contributed by atoms with Crippen LogP contribution < -0.4 is 16.0 Å². The van der Waals surface area contributed by atoms with Crippen LogP contribution in [-0.4, -0.2) is 29.8 Å². The van der Waals surface area contributed by atoms with Crippen molar-refractivity contribution in [1.82, 2.24) is 10.6 Å². The van der Waals surface area contributed by atoms with Crippen molar-refractivity contribution in [3.63, 3.8) is 0 Å². The molecule has 2 aromatic carbocycles. The Morgan fingerprint density at radius 2 is 1.89 bits per heavy atom. The molecule has 0 bridgehead atoms. The average Bonchev–Trinajstić information content (AvgIpc) is 2.65. The third kappa shape index (κ3) is 5.68. The number of carbonyl (C=O) groups is 2. The molecular formula is C18H19ClN4O4. The quantitative estimate of drug-likeness (QED) is 0.473. The molecule has 9 heteroatoms. The summed E-state index contributed by atoms with van der Waals surface area (Å²) < 4.78 is 0. The Hall–Kier alpha value is -3.13. The summed E-state index contributed by atoms with van der Waals surface area (Å²) in [6, 6.07) is 11.2. The van der Waals surface area contributed by atoms with Crippen LogP contribution >= 0.6 is 11.6 Å². The summed E-state index contributed by atoms with van der Waals surface area (Å²) in [6.45, 7) is 2.31. The van der Waals surface area contributed by atoms with E-state index in [2.05, 4.69) is 16.0 Å². The van der Waals surface area contributed by atoms with Crippen molar-refractivity contribution in [3.8, 4) is 0 Å². The highest BCUT2D eigenvalue weighted by Crippen LogP contribution is 2.27. The molecule has 0 aliphatic heterocycles. The summed E-state index contributed by atoms with van der Waals surface area (Å²) in [6.07, 6.45) is 0. The van der Waals surface area contributed by atoms with E-state index in [-0.39, 0.29) is 29.4 Å². The molecule has 142 valence electrons. The SMILES string of the molecule is CCNC(=O)CNC(=O)c1ccc(NCc2ccccc2Cl)c([N+](=O)[O-])c1. The summed E-state index contributed by atoms with van der Waals surface area (Å²) in [5, 5.41) is 19.9. The molecule has 0 fully saturated rings. The number of rotatable bonds is 8. The van der Waals surface area contributed by atoms with Crippen LogP contribution in [0.5, 0.6) is 0 Å². The zero-order chi connectivity index (χ0) is 19.8. The zero-order valence-electron chi connectivity index (χ0n) is 14.6. The summed E-state index contributed by atoms with van der Waals surface area (Å²) in [5.41, 5.74) is 0.902. The van der Waals surface area contributed by atoms with E-state index in [1.807, 2.05) is 12.1 Å². The second-order valence-corrected chi connectivity index (χ2v) is 5.98. The van der Waals surface area contributed by atoms with Gasteiger partial charge in [0.15, 0.2) is 0 Å². The molecule has 8 nitrogen and oxygen atoms in total. The van der Waals surface area contributed by atoms with Crippen LogP contribution in [0.4, 0.5) is 11.4 Å². The highest BCUT2D eigenvalue weighted by atomic mass is 35.5. The summed E-state index contributed by atoms with van der Waals surface area (Å²) in [4.78, 5) is 34.3. The topological polar surface area (TPSA) is 113 Å². The van der Waals surface area contributed by atoms with Crippen LogP contribution in [0.2, 0.25) is 5.02 Å². The van der Waals surface area contributed by atoms with E-state index in [0.717, 1.165) is 5.56 Å². The minimum Gasteiger partial charge on any atom is -0.375 e. The van der Waals surface area contributed by atoms with Crippen LogP contribution in [0.3, 0.4) is 0 Å². The molecule has 0 saturated heterocycles. The van der Waals surface area contributed by atoms with Gasteiger partial charge in [0.25, 0.3) is 11.6 Å². The van der Waals surface area contributed by atoms with Gasteiger partial charge in [0.05, 0.1) is 11.5 Å². The molecule has 0 atom stereocenters. The fourth-order valence-electron chi connectivity index (χ4n) is 2.33. The molecule has 0 radical (unpaired) electrons. The number of nitrogens with one attached hydrogen (secondary N) is 3. The van der Waals surface area contributed by atoms with Gasteiger partial charge in [-0.2, -0.15) is 0 Å². The fourth-order valence-corrected chi connectivity index (χ4v) is 2.53. The number of hydrogen-bond acceptors (Lipinski definition) is 5. The summed E-state index contributed by atoms with van der Waals surface area (Å²) in [7, 11) is 0. The van der Waals surface area contributed by atoms with Gasteiger partial charge in [0, 0.05) is 29.7 Å². The van der Waals surface area contributed by atoms with Crippen molar-refractivity contribution in [2.24, 2.45) is 0 Å². The Labute approximate surface area is 161 Å². The molecule has 2 amide bonds. The van der Waals surface area contributed by atoms with Crippen molar-refractivity contribution >= 4 is 34.8 Å². The Kier molecular flexibility index (Phi) is 7.13.